The standard InChI is InChI=1S/C15H28N2O4S/c1-15(2,3)17-14(19)12-8-6-5-7-11(12)13(18)16-9-10-22(4,20)21/h11-12H,5-10H2,1-4H3,(H,16,18)(H,17,19)/t11-,12+/m0/s1. The highest BCUT2D eigenvalue weighted by molar-refractivity contribution is 7.90. The zero-order valence-electron chi connectivity index (χ0n) is 13.9. The Kier molecular flexibility index (Phi) is 6.40. The van der Waals surface area contributed by atoms with Gasteiger partial charge in [-0.05, 0) is 33.6 Å². The molecule has 0 radical (unpaired) electrons. The number of hydrogen-bond acceptors (Lipinski definition) is 4. The van der Waals surface area contributed by atoms with Crippen LogP contribution in [-0.4, -0.2) is 44.3 Å². The smallest absolute Gasteiger partial charge is 0.224 e. The van der Waals surface area contributed by atoms with Gasteiger partial charge in [-0.2, -0.15) is 0 Å². The largest absolute Gasteiger partial charge is 0.355 e. The summed E-state index contributed by atoms with van der Waals surface area (Å²) in [4.78, 5) is 24.7. The molecule has 2 atom stereocenters. The molecule has 0 aliphatic heterocycles. The van der Waals surface area contributed by atoms with E-state index in [2.05, 4.69) is 10.6 Å². The van der Waals surface area contributed by atoms with E-state index in [1.54, 1.807) is 0 Å². The van der Waals surface area contributed by atoms with E-state index < -0.39 is 9.84 Å². The molecule has 1 saturated carbocycles. The summed E-state index contributed by atoms with van der Waals surface area (Å²) in [5.74, 6) is -1.07. The quantitative estimate of drug-likeness (QED) is 0.781. The Morgan fingerprint density at radius 2 is 1.55 bits per heavy atom. The Labute approximate surface area is 133 Å². The summed E-state index contributed by atoms with van der Waals surface area (Å²) in [6, 6.07) is 0. The van der Waals surface area contributed by atoms with Crippen LogP contribution in [0.1, 0.15) is 46.5 Å². The van der Waals surface area contributed by atoms with Crippen LogP contribution in [0.15, 0.2) is 0 Å². The summed E-state index contributed by atoms with van der Waals surface area (Å²) in [7, 11) is -3.10. The van der Waals surface area contributed by atoms with Crippen molar-refractivity contribution in [1.29, 1.82) is 0 Å². The minimum absolute atomic E-state index is 0.0791. The lowest BCUT2D eigenvalue weighted by Crippen LogP contribution is -2.49. The second kappa shape index (κ2) is 7.44. The molecule has 1 aliphatic carbocycles. The maximum atomic E-state index is 12.4. The highest BCUT2D eigenvalue weighted by Gasteiger charge is 2.36. The predicted octanol–water partition coefficient (Wildman–Crippen LogP) is 0.868. The number of carbonyl (C=O) groups excluding carboxylic acids is 2. The van der Waals surface area contributed by atoms with Gasteiger partial charge in [0.25, 0.3) is 0 Å². The number of amides is 2. The minimum atomic E-state index is -3.10. The van der Waals surface area contributed by atoms with Crippen LogP contribution in [0, 0.1) is 11.8 Å². The number of hydrogen-bond donors (Lipinski definition) is 2. The maximum absolute atomic E-state index is 12.4. The van der Waals surface area contributed by atoms with Gasteiger partial charge in [0.15, 0.2) is 0 Å². The third-order valence-electron chi connectivity index (χ3n) is 3.71. The van der Waals surface area contributed by atoms with Gasteiger partial charge in [0, 0.05) is 30.2 Å². The summed E-state index contributed by atoms with van der Waals surface area (Å²) in [6.45, 7) is 5.83. The molecule has 1 fully saturated rings. The van der Waals surface area contributed by atoms with Gasteiger partial charge >= 0.3 is 0 Å². The van der Waals surface area contributed by atoms with Crippen molar-refractivity contribution in [2.24, 2.45) is 11.8 Å². The van der Waals surface area contributed by atoms with Gasteiger partial charge in [0.1, 0.15) is 9.84 Å². The molecule has 0 aromatic rings. The van der Waals surface area contributed by atoms with Crippen LogP contribution in [0.4, 0.5) is 0 Å². The minimum Gasteiger partial charge on any atom is -0.355 e. The Bertz CT molecular complexity index is 508. The highest BCUT2D eigenvalue weighted by atomic mass is 32.2. The molecule has 1 rings (SSSR count). The van der Waals surface area contributed by atoms with Gasteiger partial charge in [-0.1, -0.05) is 12.8 Å². The Morgan fingerprint density at radius 3 is 2.00 bits per heavy atom. The number of carbonyl (C=O) groups is 2. The first-order valence-corrected chi connectivity index (χ1v) is 9.83. The van der Waals surface area contributed by atoms with E-state index in [1.165, 1.54) is 0 Å². The lowest BCUT2D eigenvalue weighted by molar-refractivity contribution is -0.137. The monoisotopic (exact) mass is 332 g/mol. The number of nitrogens with one attached hydrogen (secondary N) is 2. The van der Waals surface area contributed by atoms with Gasteiger partial charge in [-0.3, -0.25) is 9.59 Å². The summed E-state index contributed by atoms with van der Waals surface area (Å²) >= 11 is 0. The van der Waals surface area contributed by atoms with Crippen LogP contribution in [-0.2, 0) is 19.4 Å². The Balaban J connectivity index is 2.64. The van der Waals surface area contributed by atoms with Gasteiger partial charge < -0.3 is 10.6 Å². The van der Waals surface area contributed by atoms with Gasteiger partial charge in [-0.25, -0.2) is 8.42 Å². The fourth-order valence-electron chi connectivity index (χ4n) is 2.71. The molecule has 2 amide bonds. The molecule has 0 spiro atoms. The van der Waals surface area contributed by atoms with E-state index in [4.69, 9.17) is 0 Å². The third-order valence-corrected chi connectivity index (χ3v) is 4.66. The zero-order valence-corrected chi connectivity index (χ0v) is 14.8. The topological polar surface area (TPSA) is 92.3 Å². The predicted molar refractivity (Wildman–Crippen MR) is 86.1 cm³/mol. The van der Waals surface area contributed by atoms with Gasteiger partial charge in [0.2, 0.25) is 11.8 Å². The molecule has 1 aliphatic rings. The molecule has 7 heteroatoms. The number of sulfone groups is 1. The molecule has 0 bridgehead atoms. The van der Waals surface area contributed by atoms with Crippen molar-refractivity contribution in [2.45, 2.75) is 52.0 Å². The van der Waals surface area contributed by atoms with E-state index in [0.717, 1.165) is 19.1 Å². The molecule has 0 heterocycles. The van der Waals surface area contributed by atoms with E-state index in [0.29, 0.717) is 12.8 Å². The van der Waals surface area contributed by atoms with E-state index in [1.807, 2.05) is 20.8 Å². The van der Waals surface area contributed by atoms with Crippen molar-refractivity contribution >= 4 is 21.7 Å². The zero-order chi connectivity index (χ0) is 17.0. The second-order valence-corrected chi connectivity index (χ2v) is 9.42. The lowest BCUT2D eigenvalue weighted by Gasteiger charge is -2.32. The van der Waals surface area contributed by atoms with E-state index in [-0.39, 0.29) is 41.5 Å². The molecule has 128 valence electrons. The van der Waals surface area contributed by atoms with Crippen molar-refractivity contribution in [1.82, 2.24) is 10.6 Å². The molecular weight excluding hydrogens is 304 g/mol. The molecule has 22 heavy (non-hydrogen) atoms. The summed E-state index contributed by atoms with van der Waals surface area (Å²) in [5.41, 5.74) is -0.328. The molecule has 0 aromatic carbocycles. The summed E-state index contributed by atoms with van der Waals surface area (Å²) < 4.78 is 22.2. The first-order valence-electron chi connectivity index (χ1n) is 7.77. The van der Waals surface area contributed by atoms with Crippen molar-refractivity contribution in [3.8, 4) is 0 Å². The Morgan fingerprint density at radius 1 is 1.05 bits per heavy atom. The van der Waals surface area contributed by atoms with Gasteiger partial charge in [-0.15, -0.1) is 0 Å². The van der Waals surface area contributed by atoms with E-state index in [9.17, 15) is 18.0 Å². The van der Waals surface area contributed by atoms with Crippen LogP contribution < -0.4 is 10.6 Å². The van der Waals surface area contributed by atoms with Crippen LogP contribution in [0.25, 0.3) is 0 Å². The van der Waals surface area contributed by atoms with Crippen molar-refractivity contribution < 1.29 is 18.0 Å². The highest BCUT2D eigenvalue weighted by Crippen LogP contribution is 2.30. The molecule has 0 unspecified atom stereocenters. The fourth-order valence-corrected chi connectivity index (χ4v) is 3.18. The number of rotatable bonds is 5. The SMILES string of the molecule is CC(C)(C)NC(=O)[C@@H]1CCCC[C@@H]1C(=O)NCCS(C)(=O)=O. The fraction of sp³-hybridized carbons (Fsp3) is 0.867. The van der Waals surface area contributed by atoms with Crippen molar-refractivity contribution in [2.75, 3.05) is 18.6 Å². The maximum Gasteiger partial charge on any atom is 0.224 e. The van der Waals surface area contributed by atoms with Crippen LogP contribution in [0.3, 0.4) is 0 Å². The molecule has 0 aromatic heterocycles. The van der Waals surface area contributed by atoms with Gasteiger partial charge in [0.05, 0.1) is 5.75 Å². The molecular formula is C15H28N2O4S. The first-order chi connectivity index (χ1) is 9.99. The first kappa shape index (κ1) is 18.9. The molecule has 2 N–H and O–H groups in total. The second-order valence-electron chi connectivity index (χ2n) is 7.16. The average Bonchev–Trinajstić information content (AvgIpc) is 2.35. The normalized spacial score (nSPS) is 22.9. The van der Waals surface area contributed by atoms with E-state index >= 15 is 0 Å². The Hall–Kier alpha value is -1.11. The van der Waals surface area contributed by atoms with Crippen LogP contribution >= 0.6 is 0 Å². The van der Waals surface area contributed by atoms with Crippen molar-refractivity contribution in [3.05, 3.63) is 0 Å². The average molecular weight is 332 g/mol. The third kappa shape index (κ3) is 6.77. The molecule has 6 nitrogen and oxygen atoms in total. The summed E-state index contributed by atoms with van der Waals surface area (Å²) in [5, 5.41) is 5.60. The summed E-state index contributed by atoms with van der Waals surface area (Å²) in [6.07, 6.45) is 4.37. The van der Waals surface area contributed by atoms with Crippen molar-refractivity contribution in [3.63, 3.8) is 0 Å². The van der Waals surface area contributed by atoms with Crippen LogP contribution in [0.5, 0.6) is 0 Å². The van der Waals surface area contributed by atoms with Crippen LogP contribution in [0.2, 0.25) is 0 Å². The molecule has 0 saturated heterocycles. The lowest BCUT2D eigenvalue weighted by atomic mass is 9.77.